The molecule has 2 aliphatic rings. The van der Waals surface area contributed by atoms with Crippen molar-refractivity contribution < 1.29 is 14.0 Å². The van der Waals surface area contributed by atoms with Crippen LogP contribution in [0.2, 0.25) is 0 Å². The van der Waals surface area contributed by atoms with Crippen molar-refractivity contribution in [2.75, 3.05) is 20.3 Å². The maximum Gasteiger partial charge on any atom is 0.171 e. The van der Waals surface area contributed by atoms with Gasteiger partial charge in [-0.3, -0.25) is 0 Å². The summed E-state index contributed by atoms with van der Waals surface area (Å²) < 4.78 is 21.6. The van der Waals surface area contributed by atoms with Crippen molar-refractivity contribution in [2.24, 2.45) is 5.16 Å². The molecule has 6 nitrogen and oxygen atoms in total. The van der Waals surface area contributed by atoms with E-state index in [4.69, 9.17) is 9.57 Å². The van der Waals surface area contributed by atoms with Crippen molar-refractivity contribution in [3.05, 3.63) is 83.2 Å². The molecule has 3 aromatic rings. The second-order valence-electron chi connectivity index (χ2n) is 8.43. The summed E-state index contributed by atoms with van der Waals surface area (Å²) in [5.74, 6) is 1.39. The van der Waals surface area contributed by atoms with E-state index in [1.807, 2.05) is 35.9 Å². The topological polar surface area (TPSA) is 51.9 Å². The van der Waals surface area contributed by atoms with E-state index < -0.39 is 0 Å². The first-order chi connectivity index (χ1) is 16.1. The van der Waals surface area contributed by atoms with E-state index in [0.29, 0.717) is 6.61 Å². The normalized spacial score (nSPS) is 19.5. The number of oxime groups is 1. The molecule has 1 aromatic heterocycles. The fraction of sp³-hybridized carbons (Fsp3) is 0.308. The number of hydrogen-bond donors (Lipinski definition) is 0. The zero-order chi connectivity index (χ0) is 22.8. The molecule has 0 unspecified atom stereocenters. The molecule has 5 rings (SSSR count). The minimum absolute atomic E-state index is 0.0343. The van der Waals surface area contributed by atoms with Crippen LogP contribution < -0.4 is 4.74 Å². The van der Waals surface area contributed by atoms with E-state index in [1.54, 1.807) is 25.6 Å². The van der Waals surface area contributed by atoms with Crippen molar-refractivity contribution in [1.82, 2.24) is 14.5 Å². The molecule has 0 saturated carbocycles. The molecule has 1 saturated heterocycles. The summed E-state index contributed by atoms with van der Waals surface area (Å²) in [4.78, 5) is 12.2. The summed E-state index contributed by atoms with van der Waals surface area (Å²) in [6.07, 6.45) is 8.57. The quantitative estimate of drug-likeness (QED) is 0.547. The van der Waals surface area contributed by atoms with Crippen LogP contribution in [-0.4, -0.2) is 40.5 Å². The third-order valence-electron chi connectivity index (χ3n) is 6.18. The Morgan fingerprint density at radius 3 is 2.91 bits per heavy atom. The molecule has 3 heterocycles. The first-order valence-corrected chi connectivity index (χ1v) is 11.2. The Bertz CT molecular complexity index is 1220. The molecule has 7 heteroatoms. The Hall–Kier alpha value is -3.61. The lowest BCUT2D eigenvalue weighted by Crippen LogP contribution is -2.39. The van der Waals surface area contributed by atoms with Gasteiger partial charge in [0.15, 0.2) is 5.84 Å². The summed E-state index contributed by atoms with van der Waals surface area (Å²) in [7, 11) is 1.68. The SMILES string of the molecule is COc1cc(/C=C2\CCCN3C2=NOCC[C@H]3c2cccc(F)c2)ccc1-n1cnc(C)c1. The second kappa shape index (κ2) is 9.10. The summed E-state index contributed by atoms with van der Waals surface area (Å²) in [5.41, 5.74) is 4.98. The van der Waals surface area contributed by atoms with Crippen LogP contribution in [0.15, 0.2) is 65.7 Å². The predicted molar refractivity (Wildman–Crippen MR) is 126 cm³/mol. The minimum atomic E-state index is -0.218. The van der Waals surface area contributed by atoms with Gasteiger partial charge in [-0.05, 0) is 66.8 Å². The first-order valence-electron chi connectivity index (χ1n) is 11.2. The molecule has 0 spiro atoms. The van der Waals surface area contributed by atoms with Crippen LogP contribution in [0.5, 0.6) is 5.75 Å². The fourth-order valence-corrected chi connectivity index (χ4v) is 4.63. The van der Waals surface area contributed by atoms with E-state index in [1.165, 1.54) is 6.07 Å². The smallest absolute Gasteiger partial charge is 0.171 e. The Morgan fingerprint density at radius 1 is 1.21 bits per heavy atom. The number of fused-ring (bicyclic) bond motifs is 1. The summed E-state index contributed by atoms with van der Waals surface area (Å²) in [6.45, 7) is 3.33. The van der Waals surface area contributed by atoms with Crippen LogP contribution in [0.1, 0.15) is 42.1 Å². The van der Waals surface area contributed by atoms with Gasteiger partial charge in [-0.2, -0.15) is 0 Å². The number of ether oxygens (including phenoxy) is 1. The second-order valence-corrected chi connectivity index (χ2v) is 8.43. The minimum Gasteiger partial charge on any atom is -0.495 e. The van der Waals surface area contributed by atoms with Crippen LogP contribution in [0.3, 0.4) is 0 Å². The number of aryl methyl sites for hydroxylation is 1. The maximum absolute atomic E-state index is 13.9. The van der Waals surface area contributed by atoms with Crippen LogP contribution in [-0.2, 0) is 4.84 Å². The van der Waals surface area contributed by atoms with Crippen molar-refractivity contribution >= 4 is 11.9 Å². The average Bonchev–Trinajstić information content (AvgIpc) is 3.13. The standard InChI is InChI=1S/C26H27FN4O2/c1-18-16-30(17-28-18)24-9-8-19(14-25(24)32-2)13-21-6-4-11-31-23(10-12-33-29-26(21)31)20-5-3-7-22(27)15-20/h3,5,7-9,13-17,23H,4,6,10-12H2,1-2H3/b21-13+/t23-/m0/s1. The predicted octanol–water partition coefficient (Wildman–Crippen LogP) is 5.28. The van der Waals surface area contributed by atoms with E-state index in [2.05, 4.69) is 27.2 Å². The third-order valence-corrected chi connectivity index (χ3v) is 6.18. The number of piperidine rings is 1. The van der Waals surface area contributed by atoms with Gasteiger partial charge in [-0.25, -0.2) is 9.37 Å². The van der Waals surface area contributed by atoms with Crippen LogP contribution in [0, 0.1) is 12.7 Å². The number of amidine groups is 1. The molecule has 0 bridgehead atoms. The molecule has 1 atom stereocenters. The average molecular weight is 447 g/mol. The van der Waals surface area contributed by atoms with Crippen molar-refractivity contribution in [1.29, 1.82) is 0 Å². The number of halogens is 1. The molecule has 33 heavy (non-hydrogen) atoms. The first kappa shape index (κ1) is 21.2. The lowest BCUT2D eigenvalue weighted by atomic mass is 9.95. The number of imidazole rings is 1. The highest BCUT2D eigenvalue weighted by Crippen LogP contribution is 2.34. The maximum atomic E-state index is 13.9. The van der Waals surface area contributed by atoms with E-state index in [9.17, 15) is 4.39 Å². The number of nitrogens with zero attached hydrogens (tertiary/aromatic N) is 4. The summed E-state index contributed by atoms with van der Waals surface area (Å²) in [5, 5.41) is 4.47. The van der Waals surface area contributed by atoms with Crippen LogP contribution >= 0.6 is 0 Å². The van der Waals surface area contributed by atoms with Gasteiger partial charge in [-0.15, -0.1) is 0 Å². The highest BCUT2D eigenvalue weighted by molar-refractivity contribution is 6.02. The fourth-order valence-electron chi connectivity index (χ4n) is 4.63. The number of benzene rings is 2. The van der Waals surface area contributed by atoms with Crippen molar-refractivity contribution in [3.8, 4) is 11.4 Å². The molecule has 2 aromatic carbocycles. The van der Waals surface area contributed by atoms with Crippen LogP contribution in [0.4, 0.5) is 4.39 Å². The molecule has 0 N–H and O–H groups in total. The highest BCUT2D eigenvalue weighted by Gasteiger charge is 2.31. The largest absolute Gasteiger partial charge is 0.495 e. The van der Waals surface area contributed by atoms with Crippen molar-refractivity contribution in [3.63, 3.8) is 0 Å². The van der Waals surface area contributed by atoms with Gasteiger partial charge in [0.2, 0.25) is 0 Å². The lowest BCUT2D eigenvalue weighted by Gasteiger charge is -2.36. The van der Waals surface area contributed by atoms with Gasteiger partial charge in [0.1, 0.15) is 18.2 Å². The molecule has 0 aliphatic carbocycles. The van der Waals surface area contributed by atoms with E-state index in [-0.39, 0.29) is 11.9 Å². The zero-order valence-electron chi connectivity index (χ0n) is 18.9. The summed E-state index contributed by atoms with van der Waals surface area (Å²) in [6, 6.07) is 13.0. The highest BCUT2D eigenvalue weighted by atomic mass is 19.1. The lowest BCUT2D eigenvalue weighted by molar-refractivity contribution is 0.140. The number of hydrogen-bond acceptors (Lipinski definition) is 5. The van der Waals surface area contributed by atoms with Crippen LogP contribution in [0.25, 0.3) is 11.8 Å². The molecule has 2 aliphatic heterocycles. The zero-order valence-corrected chi connectivity index (χ0v) is 18.9. The number of aromatic nitrogens is 2. The molecule has 0 amide bonds. The van der Waals surface area contributed by atoms with Crippen molar-refractivity contribution in [2.45, 2.75) is 32.2 Å². The monoisotopic (exact) mass is 446 g/mol. The summed E-state index contributed by atoms with van der Waals surface area (Å²) >= 11 is 0. The van der Waals surface area contributed by atoms with Gasteiger partial charge in [0, 0.05) is 19.2 Å². The molecular formula is C26H27FN4O2. The third kappa shape index (κ3) is 4.35. The molecular weight excluding hydrogens is 419 g/mol. The van der Waals surface area contributed by atoms with Gasteiger partial charge in [0.25, 0.3) is 0 Å². The van der Waals surface area contributed by atoms with E-state index >= 15 is 0 Å². The Labute approximate surface area is 192 Å². The molecule has 1 fully saturated rings. The molecule has 170 valence electrons. The molecule has 0 radical (unpaired) electrons. The van der Waals surface area contributed by atoms with Gasteiger partial charge < -0.3 is 19.0 Å². The Kier molecular flexibility index (Phi) is 5.86. The Morgan fingerprint density at radius 2 is 2.12 bits per heavy atom. The number of methoxy groups -OCH3 is 1. The van der Waals surface area contributed by atoms with E-state index in [0.717, 1.165) is 65.5 Å². The van der Waals surface area contributed by atoms with Gasteiger partial charge >= 0.3 is 0 Å². The van der Waals surface area contributed by atoms with Gasteiger partial charge in [-0.1, -0.05) is 23.4 Å². The number of rotatable bonds is 4. The van der Waals surface area contributed by atoms with Gasteiger partial charge in [0.05, 0.1) is 30.9 Å². The Balaban J connectivity index is 1.48.